The third kappa shape index (κ3) is 5.25. The molecule has 0 saturated heterocycles. The van der Waals surface area contributed by atoms with Crippen LogP contribution in [-0.2, 0) is 4.79 Å². The van der Waals surface area contributed by atoms with Crippen LogP contribution in [0.25, 0.3) is 0 Å². The molecular weight excluding hydrogens is 228 g/mol. The van der Waals surface area contributed by atoms with E-state index in [0.29, 0.717) is 13.0 Å². The minimum atomic E-state index is -1.19. The van der Waals surface area contributed by atoms with Gasteiger partial charge in [-0.05, 0) is 31.8 Å². The molecule has 0 heterocycles. The van der Waals surface area contributed by atoms with Crippen LogP contribution in [0.15, 0.2) is 0 Å². The second-order valence-electron chi connectivity index (χ2n) is 3.72. The number of nitrogens with one attached hydrogen (secondary N) is 2. The standard InChI is InChI=1S/C10H20N2O3S/c1-4-10(2,8(13)14)12-9(15)11-6-5-7-16-3/h4-7H2,1-3H3,(H,13,14)(H2,11,12,15). The average molecular weight is 248 g/mol. The van der Waals surface area contributed by atoms with Gasteiger partial charge in [-0.2, -0.15) is 11.8 Å². The summed E-state index contributed by atoms with van der Waals surface area (Å²) in [6, 6.07) is -0.423. The predicted octanol–water partition coefficient (Wildman–Crippen LogP) is 1.29. The van der Waals surface area contributed by atoms with Crippen molar-refractivity contribution in [3.63, 3.8) is 0 Å². The first kappa shape index (κ1) is 15.1. The van der Waals surface area contributed by atoms with Gasteiger partial charge in [0.15, 0.2) is 0 Å². The van der Waals surface area contributed by atoms with Crippen molar-refractivity contribution < 1.29 is 14.7 Å². The van der Waals surface area contributed by atoms with Crippen molar-refractivity contribution in [1.29, 1.82) is 0 Å². The van der Waals surface area contributed by atoms with E-state index in [1.807, 2.05) is 6.26 Å². The van der Waals surface area contributed by atoms with Crippen LogP contribution in [0.4, 0.5) is 4.79 Å². The lowest BCUT2D eigenvalue weighted by Crippen LogP contribution is -2.54. The fourth-order valence-electron chi connectivity index (χ4n) is 1.01. The number of carboxylic acid groups (broad SMARTS) is 1. The Morgan fingerprint density at radius 2 is 2.06 bits per heavy atom. The summed E-state index contributed by atoms with van der Waals surface area (Å²) in [4.78, 5) is 22.3. The molecule has 0 spiro atoms. The second kappa shape index (κ2) is 7.38. The summed E-state index contributed by atoms with van der Waals surface area (Å²) in [5.74, 6) is -0.0428. The molecular formula is C10H20N2O3S. The van der Waals surface area contributed by atoms with Gasteiger partial charge in [0.2, 0.25) is 0 Å². The largest absolute Gasteiger partial charge is 0.480 e. The quantitative estimate of drug-likeness (QED) is 0.593. The van der Waals surface area contributed by atoms with Gasteiger partial charge in [0.25, 0.3) is 0 Å². The van der Waals surface area contributed by atoms with Crippen LogP contribution >= 0.6 is 11.8 Å². The maximum atomic E-state index is 11.4. The molecule has 1 atom stereocenters. The molecule has 0 rings (SSSR count). The number of thioether (sulfide) groups is 1. The number of rotatable bonds is 7. The van der Waals surface area contributed by atoms with Crippen molar-refractivity contribution in [2.45, 2.75) is 32.2 Å². The Bertz CT molecular complexity index is 248. The van der Waals surface area contributed by atoms with E-state index < -0.39 is 17.5 Å². The van der Waals surface area contributed by atoms with E-state index in [9.17, 15) is 9.59 Å². The number of amides is 2. The molecule has 0 aromatic heterocycles. The number of urea groups is 1. The van der Waals surface area contributed by atoms with E-state index in [0.717, 1.165) is 12.2 Å². The first-order valence-electron chi connectivity index (χ1n) is 5.24. The predicted molar refractivity (Wildman–Crippen MR) is 65.9 cm³/mol. The number of hydrogen-bond donors (Lipinski definition) is 3. The maximum Gasteiger partial charge on any atom is 0.329 e. The average Bonchev–Trinajstić information content (AvgIpc) is 2.24. The Morgan fingerprint density at radius 1 is 1.44 bits per heavy atom. The van der Waals surface area contributed by atoms with Gasteiger partial charge in [-0.3, -0.25) is 0 Å². The van der Waals surface area contributed by atoms with Gasteiger partial charge in [0, 0.05) is 6.54 Å². The zero-order valence-corrected chi connectivity index (χ0v) is 10.8. The highest BCUT2D eigenvalue weighted by molar-refractivity contribution is 7.98. The fraction of sp³-hybridized carbons (Fsp3) is 0.800. The van der Waals surface area contributed by atoms with E-state index in [-0.39, 0.29) is 0 Å². The maximum absolute atomic E-state index is 11.4. The number of hydrogen-bond acceptors (Lipinski definition) is 3. The van der Waals surface area contributed by atoms with Crippen LogP contribution in [0, 0.1) is 0 Å². The minimum Gasteiger partial charge on any atom is -0.480 e. The van der Waals surface area contributed by atoms with Crippen molar-refractivity contribution in [3.8, 4) is 0 Å². The lowest BCUT2D eigenvalue weighted by molar-refractivity contribution is -0.143. The van der Waals surface area contributed by atoms with Crippen LogP contribution in [0.1, 0.15) is 26.7 Å². The Balaban J connectivity index is 3.98. The molecule has 5 nitrogen and oxygen atoms in total. The van der Waals surface area contributed by atoms with Gasteiger partial charge in [-0.1, -0.05) is 6.92 Å². The summed E-state index contributed by atoms with van der Waals surface area (Å²) >= 11 is 1.71. The monoisotopic (exact) mass is 248 g/mol. The van der Waals surface area contributed by atoms with E-state index in [1.165, 1.54) is 6.92 Å². The number of carbonyl (C=O) groups is 2. The Morgan fingerprint density at radius 3 is 2.50 bits per heavy atom. The van der Waals surface area contributed by atoms with E-state index in [4.69, 9.17) is 5.11 Å². The molecule has 0 aromatic carbocycles. The molecule has 0 aliphatic heterocycles. The molecule has 0 saturated carbocycles. The molecule has 0 radical (unpaired) electrons. The van der Waals surface area contributed by atoms with Gasteiger partial charge in [0.1, 0.15) is 5.54 Å². The van der Waals surface area contributed by atoms with Crippen LogP contribution < -0.4 is 10.6 Å². The van der Waals surface area contributed by atoms with E-state index in [1.54, 1.807) is 18.7 Å². The molecule has 0 aromatic rings. The summed E-state index contributed by atoms with van der Waals surface area (Å²) in [5, 5.41) is 14.0. The molecule has 94 valence electrons. The van der Waals surface area contributed by atoms with Crippen molar-refractivity contribution in [2.24, 2.45) is 0 Å². The number of carboxylic acids is 1. The Kier molecular flexibility index (Phi) is 6.96. The fourth-order valence-corrected chi connectivity index (χ4v) is 1.44. The molecule has 3 N–H and O–H groups in total. The molecule has 0 aliphatic rings. The minimum absolute atomic E-state index is 0.348. The van der Waals surface area contributed by atoms with Crippen LogP contribution in [0.5, 0.6) is 0 Å². The van der Waals surface area contributed by atoms with Crippen LogP contribution in [-0.4, -0.2) is 41.2 Å². The van der Waals surface area contributed by atoms with Crippen molar-refractivity contribution in [3.05, 3.63) is 0 Å². The normalized spacial score (nSPS) is 13.9. The summed E-state index contributed by atoms with van der Waals surface area (Å²) in [6.07, 6.45) is 3.23. The van der Waals surface area contributed by atoms with Crippen LogP contribution in [0.2, 0.25) is 0 Å². The highest BCUT2D eigenvalue weighted by Crippen LogP contribution is 2.08. The number of aliphatic carboxylic acids is 1. The molecule has 16 heavy (non-hydrogen) atoms. The summed E-state index contributed by atoms with van der Waals surface area (Å²) in [5.41, 5.74) is -1.19. The van der Waals surface area contributed by atoms with Gasteiger partial charge >= 0.3 is 12.0 Å². The summed E-state index contributed by atoms with van der Waals surface area (Å²) in [6.45, 7) is 3.78. The van der Waals surface area contributed by atoms with E-state index in [2.05, 4.69) is 10.6 Å². The first-order chi connectivity index (χ1) is 7.46. The van der Waals surface area contributed by atoms with Crippen molar-refractivity contribution in [2.75, 3.05) is 18.6 Å². The van der Waals surface area contributed by atoms with Crippen molar-refractivity contribution in [1.82, 2.24) is 10.6 Å². The lowest BCUT2D eigenvalue weighted by atomic mass is 10.00. The molecule has 0 fully saturated rings. The third-order valence-electron chi connectivity index (χ3n) is 2.38. The second-order valence-corrected chi connectivity index (χ2v) is 4.70. The van der Waals surface area contributed by atoms with Crippen molar-refractivity contribution >= 4 is 23.8 Å². The van der Waals surface area contributed by atoms with Crippen LogP contribution in [0.3, 0.4) is 0 Å². The highest BCUT2D eigenvalue weighted by atomic mass is 32.2. The molecule has 0 aliphatic carbocycles. The first-order valence-corrected chi connectivity index (χ1v) is 6.64. The highest BCUT2D eigenvalue weighted by Gasteiger charge is 2.32. The van der Waals surface area contributed by atoms with Gasteiger partial charge in [0.05, 0.1) is 0 Å². The molecule has 0 bridgehead atoms. The van der Waals surface area contributed by atoms with Gasteiger partial charge in [-0.15, -0.1) is 0 Å². The van der Waals surface area contributed by atoms with Gasteiger partial charge in [-0.25, -0.2) is 9.59 Å². The number of carbonyl (C=O) groups excluding carboxylic acids is 1. The van der Waals surface area contributed by atoms with Gasteiger partial charge < -0.3 is 15.7 Å². The lowest BCUT2D eigenvalue weighted by Gasteiger charge is -2.24. The SMILES string of the molecule is CCC(C)(NC(=O)NCCCSC)C(=O)O. The Labute approximate surface area is 100 Å². The summed E-state index contributed by atoms with van der Waals surface area (Å²) < 4.78 is 0. The summed E-state index contributed by atoms with van der Waals surface area (Å²) in [7, 11) is 0. The zero-order valence-electron chi connectivity index (χ0n) is 10.0. The van der Waals surface area contributed by atoms with E-state index >= 15 is 0 Å². The molecule has 1 unspecified atom stereocenters. The third-order valence-corrected chi connectivity index (χ3v) is 3.08. The topological polar surface area (TPSA) is 78.4 Å². The molecule has 2 amide bonds. The smallest absolute Gasteiger partial charge is 0.329 e. The Hall–Kier alpha value is -0.910. The molecule has 6 heteroatoms. The zero-order chi connectivity index (χ0) is 12.6.